The van der Waals surface area contributed by atoms with Crippen molar-refractivity contribution in [1.29, 1.82) is 0 Å². The normalized spacial score (nSPS) is 8.00. The maximum atomic E-state index is 4.78. The maximum absolute atomic E-state index is 4.78. The zero-order valence-corrected chi connectivity index (χ0v) is 3.33. The second-order valence-electron chi connectivity index (χ2n) is 0.288. The predicted octanol–water partition coefficient (Wildman–Crippen LogP) is 0.577. The molecule has 0 aliphatic rings. The van der Waals surface area contributed by atoms with Gasteiger partial charge >= 0.3 is 27.1 Å². The van der Waals surface area contributed by atoms with Crippen LogP contribution >= 0.6 is 8.30 Å². The molecular formula is CH3BOP. The van der Waals surface area contributed by atoms with Gasteiger partial charge in [0.1, 0.15) is 0 Å². The molecule has 0 aliphatic heterocycles. The summed E-state index contributed by atoms with van der Waals surface area (Å²) in [5.74, 6) is 0. The van der Waals surface area contributed by atoms with Crippen molar-refractivity contribution >= 4 is 15.5 Å². The molecule has 0 aliphatic carbocycles. The molecule has 0 saturated heterocycles. The monoisotopic (exact) mass is 73.0 g/mol. The van der Waals surface area contributed by atoms with E-state index in [4.69, 9.17) is 7.18 Å². The molecule has 0 aromatic heterocycles. The summed E-state index contributed by atoms with van der Waals surface area (Å²) in [6.07, 6.45) is 0. The van der Waals surface area contributed by atoms with Crippen LogP contribution in [0.4, 0.5) is 0 Å². The fourth-order valence-corrected chi connectivity index (χ4v) is 0. The third-order valence-corrected chi connectivity index (χ3v) is 0.316. The molecule has 21 valence electrons. The second kappa shape index (κ2) is 3.32. The van der Waals surface area contributed by atoms with Crippen LogP contribution in [0, 0.1) is 0 Å². The Hall–Kier alpha value is 0.325. The van der Waals surface area contributed by atoms with Gasteiger partial charge in [0.05, 0.1) is 0 Å². The minimum absolute atomic E-state index is 0.498. The van der Waals surface area contributed by atoms with Crippen molar-refractivity contribution in [2.45, 2.75) is 0 Å². The summed E-state index contributed by atoms with van der Waals surface area (Å²) in [4.78, 5) is 0. The van der Waals surface area contributed by atoms with Crippen molar-refractivity contribution in [3.8, 4) is 0 Å². The van der Waals surface area contributed by atoms with E-state index in [1.807, 2.05) is 0 Å². The van der Waals surface area contributed by atoms with E-state index in [-0.39, 0.29) is 0 Å². The van der Waals surface area contributed by atoms with Crippen molar-refractivity contribution < 1.29 is 4.52 Å². The Labute approximate surface area is 28.2 Å². The van der Waals surface area contributed by atoms with E-state index in [1.165, 1.54) is 0 Å². The molecule has 1 radical (unpaired) electrons. The first-order valence-electron chi connectivity index (χ1n) is 0.849. The molecule has 0 bridgehead atoms. The van der Waals surface area contributed by atoms with Gasteiger partial charge in [-0.25, -0.2) is 0 Å². The third kappa shape index (κ3) is 2.32. The molecule has 0 heterocycles. The summed E-state index contributed by atoms with van der Waals surface area (Å²) in [7, 11) is 6.82. The van der Waals surface area contributed by atoms with Gasteiger partial charge in [0.25, 0.3) is 0 Å². The van der Waals surface area contributed by atoms with Crippen LogP contribution in [0.3, 0.4) is 0 Å². The molecule has 4 heavy (non-hydrogen) atoms. The summed E-state index contributed by atoms with van der Waals surface area (Å²) in [5.41, 5.74) is 0. The molecule has 0 fully saturated rings. The molecule has 0 atom stereocenters. The van der Waals surface area contributed by atoms with E-state index in [1.54, 1.807) is 7.11 Å². The Kier molecular flexibility index (Phi) is 3.60. The van der Waals surface area contributed by atoms with Crippen molar-refractivity contribution in [3.63, 3.8) is 0 Å². The van der Waals surface area contributed by atoms with E-state index >= 15 is 0 Å². The molecule has 1 nitrogen and oxygen atoms in total. The quantitative estimate of drug-likeness (QED) is 0.325. The van der Waals surface area contributed by atoms with Gasteiger partial charge in [0.15, 0.2) is 0 Å². The van der Waals surface area contributed by atoms with Gasteiger partial charge < -0.3 is 0 Å². The number of hydrogen-bond acceptors (Lipinski definition) is 1. The van der Waals surface area contributed by atoms with Gasteiger partial charge in [0, 0.05) is 0 Å². The Balaban J connectivity index is 2.30. The molecule has 0 rings (SSSR count). The first kappa shape index (κ1) is 4.32. The molecule has 0 spiro atoms. The third-order valence-electron chi connectivity index (χ3n) is 0.105. The molecule has 0 unspecified atom stereocenters. The van der Waals surface area contributed by atoms with Gasteiger partial charge in [-0.1, -0.05) is 0 Å². The summed E-state index contributed by atoms with van der Waals surface area (Å²) in [6, 6.07) is 0. The minimum atomic E-state index is 0.498. The Morgan fingerprint density at radius 3 is 2.25 bits per heavy atom. The summed E-state index contributed by atoms with van der Waals surface area (Å²) >= 11 is 0. The van der Waals surface area contributed by atoms with Crippen LogP contribution in [0.5, 0.6) is 0 Å². The van der Waals surface area contributed by atoms with Crippen LogP contribution in [-0.2, 0) is 4.52 Å². The molecule has 0 aromatic carbocycles. The zero-order valence-electron chi connectivity index (χ0n) is 2.43. The van der Waals surface area contributed by atoms with Crippen molar-refractivity contribution in [2.75, 3.05) is 7.11 Å². The fraction of sp³-hybridized carbons (Fsp3) is 1.00. The van der Waals surface area contributed by atoms with Crippen molar-refractivity contribution in [3.05, 3.63) is 0 Å². The first-order chi connectivity index (χ1) is 1.91. The van der Waals surface area contributed by atoms with E-state index in [9.17, 15) is 0 Å². The van der Waals surface area contributed by atoms with Crippen LogP contribution in [0.1, 0.15) is 0 Å². The molecular weight excluding hydrogens is 69.8 g/mol. The van der Waals surface area contributed by atoms with Crippen molar-refractivity contribution in [1.82, 2.24) is 0 Å². The molecule has 0 N–H and O–H groups in total. The second-order valence-corrected chi connectivity index (χ2v) is 0.864. The molecule has 0 aromatic rings. The van der Waals surface area contributed by atoms with Crippen LogP contribution in [0.2, 0.25) is 0 Å². The van der Waals surface area contributed by atoms with Crippen LogP contribution in [0.25, 0.3) is 0 Å². The van der Waals surface area contributed by atoms with Gasteiger partial charge in [-0.05, 0) is 0 Å². The van der Waals surface area contributed by atoms with Crippen LogP contribution < -0.4 is 0 Å². The average molecular weight is 72.8 g/mol. The standard InChI is InChI=1S/CH3BOP/c1-3-4-2/h1H3. The van der Waals surface area contributed by atoms with Crippen LogP contribution in [0.15, 0.2) is 0 Å². The Bertz CT molecular complexity index is 22.0. The topological polar surface area (TPSA) is 9.23 Å². The molecule has 3 heteroatoms. The van der Waals surface area contributed by atoms with E-state index in [0.717, 1.165) is 0 Å². The van der Waals surface area contributed by atoms with E-state index in [2.05, 4.69) is 4.52 Å². The first-order valence-corrected chi connectivity index (χ1v) is 1.73. The van der Waals surface area contributed by atoms with Gasteiger partial charge in [0.2, 0.25) is 0 Å². The van der Waals surface area contributed by atoms with E-state index in [0.29, 0.717) is 8.30 Å². The van der Waals surface area contributed by atoms with Crippen LogP contribution in [-0.4, -0.2) is 14.3 Å². The van der Waals surface area contributed by atoms with Gasteiger partial charge in [-0.2, -0.15) is 0 Å². The SMILES string of the molecule is [B]=POC. The predicted molar refractivity (Wildman–Crippen MR) is 19.7 cm³/mol. The Morgan fingerprint density at radius 1 is 2.00 bits per heavy atom. The van der Waals surface area contributed by atoms with Gasteiger partial charge in [-0.15, -0.1) is 0 Å². The summed E-state index contributed by atoms with van der Waals surface area (Å²) in [5, 5.41) is 0. The Morgan fingerprint density at radius 2 is 2.25 bits per heavy atom. The number of rotatable bonds is 1. The van der Waals surface area contributed by atoms with Gasteiger partial charge in [-0.3, -0.25) is 0 Å². The number of hydrogen-bond donors (Lipinski definition) is 0. The average Bonchev–Trinajstić information content (AvgIpc) is 1.37. The molecule has 0 amide bonds. The zero-order chi connectivity index (χ0) is 3.41. The molecule has 0 saturated carbocycles. The fourth-order valence-electron chi connectivity index (χ4n) is 0. The van der Waals surface area contributed by atoms with Crippen molar-refractivity contribution in [2.24, 2.45) is 0 Å². The summed E-state index contributed by atoms with van der Waals surface area (Å²) < 4.78 is 4.29. The van der Waals surface area contributed by atoms with E-state index < -0.39 is 0 Å². The summed E-state index contributed by atoms with van der Waals surface area (Å²) in [6.45, 7) is 0.